The van der Waals surface area contributed by atoms with E-state index in [4.69, 9.17) is 13.9 Å². The van der Waals surface area contributed by atoms with Crippen molar-refractivity contribution in [2.75, 3.05) is 12.9 Å². The van der Waals surface area contributed by atoms with Crippen LogP contribution in [0.3, 0.4) is 0 Å². The highest BCUT2D eigenvalue weighted by Crippen LogP contribution is 2.23. The molecule has 118 valence electrons. The Hall–Kier alpha value is -2.47. The van der Waals surface area contributed by atoms with Crippen molar-refractivity contribution in [1.29, 1.82) is 0 Å². The van der Waals surface area contributed by atoms with Crippen molar-refractivity contribution in [2.24, 2.45) is 0 Å². The smallest absolute Gasteiger partial charge is 0.316 e. The number of rotatable bonds is 6. The number of thioether (sulfide) groups is 1. The third-order valence-electron chi connectivity index (χ3n) is 3.12. The van der Waals surface area contributed by atoms with Gasteiger partial charge in [0.05, 0.1) is 7.11 Å². The number of nitrogens with zero attached hydrogens (tertiary/aromatic N) is 1. The van der Waals surface area contributed by atoms with Crippen molar-refractivity contribution in [3.63, 3.8) is 0 Å². The molecule has 0 fully saturated rings. The quantitative estimate of drug-likeness (QED) is 0.508. The van der Waals surface area contributed by atoms with Gasteiger partial charge in [-0.15, -0.1) is 0 Å². The van der Waals surface area contributed by atoms with Gasteiger partial charge in [0, 0.05) is 0 Å². The molecule has 0 aliphatic carbocycles. The Bertz CT molecular complexity index is 782. The van der Waals surface area contributed by atoms with E-state index in [-0.39, 0.29) is 18.3 Å². The molecule has 23 heavy (non-hydrogen) atoms. The van der Waals surface area contributed by atoms with Crippen LogP contribution in [0, 0.1) is 0 Å². The normalized spacial score (nSPS) is 10.7. The molecule has 6 heteroatoms. The van der Waals surface area contributed by atoms with E-state index in [0.29, 0.717) is 10.8 Å². The number of fused-ring (bicyclic) bond motifs is 1. The van der Waals surface area contributed by atoms with Gasteiger partial charge in [0.25, 0.3) is 5.22 Å². The molecule has 1 aromatic heterocycles. The van der Waals surface area contributed by atoms with Gasteiger partial charge in [-0.1, -0.05) is 36.0 Å². The molecule has 0 aliphatic heterocycles. The molecule has 3 rings (SSSR count). The molecular weight excluding hydrogens is 314 g/mol. The molecule has 0 spiro atoms. The largest absolute Gasteiger partial charge is 0.497 e. The van der Waals surface area contributed by atoms with E-state index in [2.05, 4.69) is 4.98 Å². The minimum atomic E-state index is -0.319. The molecule has 0 bridgehead atoms. The van der Waals surface area contributed by atoms with Crippen molar-refractivity contribution < 1.29 is 18.7 Å². The van der Waals surface area contributed by atoms with Crippen LogP contribution in [0.25, 0.3) is 11.1 Å². The monoisotopic (exact) mass is 329 g/mol. The van der Waals surface area contributed by atoms with E-state index in [0.717, 1.165) is 16.8 Å². The Morgan fingerprint density at radius 3 is 2.91 bits per heavy atom. The molecule has 5 nitrogen and oxygen atoms in total. The Morgan fingerprint density at radius 2 is 2.09 bits per heavy atom. The molecule has 2 aromatic carbocycles. The molecule has 0 atom stereocenters. The van der Waals surface area contributed by atoms with Crippen LogP contribution in [0.2, 0.25) is 0 Å². The zero-order valence-corrected chi connectivity index (χ0v) is 13.3. The van der Waals surface area contributed by atoms with E-state index in [1.165, 1.54) is 11.8 Å². The van der Waals surface area contributed by atoms with Crippen molar-refractivity contribution in [1.82, 2.24) is 4.98 Å². The summed E-state index contributed by atoms with van der Waals surface area (Å²) in [5.74, 6) is 0.566. The van der Waals surface area contributed by atoms with Gasteiger partial charge >= 0.3 is 5.97 Å². The number of benzene rings is 2. The molecule has 0 amide bonds. The van der Waals surface area contributed by atoms with Gasteiger partial charge in [-0.2, -0.15) is 0 Å². The lowest BCUT2D eigenvalue weighted by Crippen LogP contribution is -2.07. The highest BCUT2D eigenvalue weighted by molar-refractivity contribution is 7.99. The van der Waals surface area contributed by atoms with Gasteiger partial charge in [0.15, 0.2) is 5.58 Å². The maximum Gasteiger partial charge on any atom is 0.316 e. The van der Waals surface area contributed by atoms with E-state index in [9.17, 15) is 4.79 Å². The van der Waals surface area contributed by atoms with E-state index in [1.807, 2.05) is 48.5 Å². The number of carbonyl (C=O) groups is 1. The first-order chi connectivity index (χ1) is 11.2. The fraction of sp³-hybridized carbons (Fsp3) is 0.176. The first kappa shape index (κ1) is 15.4. The average molecular weight is 329 g/mol. The summed E-state index contributed by atoms with van der Waals surface area (Å²) in [6.07, 6.45) is 0. The molecule has 0 aliphatic rings. The Kier molecular flexibility index (Phi) is 4.83. The van der Waals surface area contributed by atoms with Gasteiger partial charge in [-0.05, 0) is 29.8 Å². The lowest BCUT2D eigenvalue weighted by Gasteiger charge is -2.05. The summed E-state index contributed by atoms with van der Waals surface area (Å²) in [4.78, 5) is 16.1. The fourth-order valence-electron chi connectivity index (χ4n) is 2.00. The molecule has 3 aromatic rings. The molecule has 1 heterocycles. The zero-order valence-electron chi connectivity index (χ0n) is 12.5. The summed E-state index contributed by atoms with van der Waals surface area (Å²) in [6.45, 7) is 0.212. The van der Waals surface area contributed by atoms with Crippen molar-refractivity contribution in [3.05, 3.63) is 54.1 Å². The van der Waals surface area contributed by atoms with Crippen LogP contribution in [0.5, 0.6) is 5.75 Å². The molecule has 0 saturated heterocycles. The summed E-state index contributed by atoms with van der Waals surface area (Å²) in [6, 6.07) is 14.9. The highest BCUT2D eigenvalue weighted by Gasteiger charge is 2.10. The van der Waals surface area contributed by atoms with Gasteiger partial charge in [-0.25, -0.2) is 4.98 Å². The summed E-state index contributed by atoms with van der Waals surface area (Å²) in [7, 11) is 1.60. The first-order valence-corrected chi connectivity index (χ1v) is 8.00. The topological polar surface area (TPSA) is 61.6 Å². The fourth-order valence-corrected chi connectivity index (χ4v) is 2.64. The Morgan fingerprint density at radius 1 is 1.22 bits per heavy atom. The number of carbonyl (C=O) groups excluding carboxylic acids is 1. The number of oxazole rings is 1. The van der Waals surface area contributed by atoms with Crippen molar-refractivity contribution >= 4 is 28.8 Å². The van der Waals surface area contributed by atoms with Crippen LogP contribution in [0.1, 0.15) is 5.56 Å². The SMILES string of the molecule is COc1cccc(COC(=O)CSc2nc3ccccc3o2)c1. The lowest BCUT2D eigenvalue weighted by atomic mass is 10.2. The summed E-state index contributed by atoms with van der Waals surface area (Å²) >= 11 is 1.22. The number of esters is 1. The van der Waals surface area contributed by atoms with E-state index < -0.39 is 0 Å². The lowest BCUT2D eigenvalue weighted by molar-refractivity contribution is -0.141. The van der Waals surface area contributed by atoms with Crippen LogP contribution in [-0.4, -0.2) is 23.8 Å². The first-order valence-electron chi connectivity index (χ1n) is 7.01. The number of para-hydroxylation sites is 2. The Balaban J connectivity index is 1.51. The predicted octanol–water partition coefficient (Wildman–Crippen LogP) is 3.67. The number of hydrogen-bond donors (Lipinski definition) is 0. The number of methoxy groups -OCH3 is 1. The van der Waals surface area contributed by atoms with Crippen LogP contribution < -0.4 is 4.74 Å². The second kappa shape index (κ2) is 7.19. The maximum absolute atomic E-state index is 11.8. The highest BCUT2D eigenvalue weighted by atomic mass is 32.2. The minimum Gasteiger partial charge on any atom is -0.497 e. The molecule has 0 saturated carbocycles. The van der Waals surface area contributed by atoms with Gasteiger partial charge in [0.1, 0.15) is 23.6 Å². The second-order valence-corrected chi connectivity index (χ2v) is 5.67. The predicted molar refractivity (Wildman–Crippen MR) is 87.5 cm³/mol. The summed E-state index contributed by atoms with van der Waals surface area (Å²) in [5, 5.41) is 0.463. The van der Waals surface area contributed by atoms with Gasteiger partial charge in [0.2, 0.25) is 0 Å². The summed E-state index contributed by atoms with van der Waals surface area (Å²) in [5.41, 5.74) is 2.36. The van der Waals surface area contributed by atoms with Gasteiger partial charge in [-0.3, -0.25) is 4.79 Å². The zero-order chi connectivity index (χ0) is 16.1. The van der Waals surface area contributed by atoms with Crippen LogP contribution >= 0.6 is 11.8 Å². The maximum atomic E-state index is 11.8. The number of ether oxygens (including phenoxy) is 2. The van der Waals surface area contributed by atoms with Crippen LogP contribution in [0.4, 0.5) is 0 Å². The molecule has 0 unspecified atom stereocenters. The van der Waals surface area contributed by atoms with Crippen molar-refractivity contribution in [3.8, 4) is 5.75 Å². The number of aromatic nitrogens is 1. The third kappa shape index (κ3) is 4.04. The second-order valence-electron chi connectivity index (χ2n) is 4.75. The van der Waals surface area contributed by atoms with Crippen molar-refractivity contribution in [2.45, 2.75) is 11.8 Å². The third-order valence-corrected chi connectivity index (χ3v) is 3.92. The molecule has 0 radical (unpaired) electrons. The average Bonchev–Trinajstić information content (AvgIpc) is 3.01. The molecule has 0 N–H and O–H groups in total. The Labute approximate surface area is 137 Å². The standard InChI is InChI=1S/C17H15NO4S/c1-20-13-6-4-5-12(9-13)10-21-16(19)11-23-17-18-14-7-2-3-8-15(14)22-17/h2-9H,10-11H2,1H3. The summed E-state index contributed by atoms with van der Waals surface area (Å²) < 4.78 is 15.9. The minimum absolute atomic E-state index is 0.150. The molecular formula is C17H15NO4S. The number of hydrogen-bond acceptors (Lipinski definition) is 6. The van der Waals surface area contributed by atoms with Gasteiger partial charge < -0.3 is 13.9 Å². The van der Waals surface area contributed by atoms with E-state index in [1.54, 1.807) is 7.11 Å². The van der Waals surface area contributed by atoms with Crippen LogP contribution in [0.15, 0.2) is 58.2 Å². The van der Waals surface area contributed by atoms with E-state index >= 15 is 0 Å². The van der Waals surface area contributed by atoms with Crippen LogP contribution in [-0.2, 0) is 16.1 Å².